The number of hydrogen-bond donors (Lipinski definition) is 0. The van der Waals surface area contributed by atoms with Gasteiger partial charge in [-0.3, -0.25) is 19.2 Å². The second kappa shape index (κ2) is 8.47. The van der Waals surface area contributed by atoms with Gasteiger partial charge in [0.2, 0.25) is 5.91 Å². The first-order valence-corrected chi connectivity index (χ1v) is 8.84. The third-order valence-electron chi connectivity index (χ3n) is 4.41. The van der Waals surface area contributed by atoms with E-state index in [-0.39, 0.29) is 32.0 Å². The second-order valence-corrected chi connectivity index (χ2v) is 6.45. The molecule has 0 bridgehead atoms. The lowest BCUT2D eigenvalue weighted by Crippen LogP contribution is -2.55. The maximum atomic E-state index is 12.5. The summed E-state index contributed by atoms with van der Waals surface area (Å²) in [5.74, 6) is -1.80. The first-order chi connectivity index (χ1) is 13.5. The third kappa shape index (κ3) is 4.43. The van der Waals surface area contributed by atoms with Crippen LogP contribution in [0, 0.1) is 0 Å². The number of carbonyl (C=O) groups is 4. The van der Waals surface area contributed by atoms with Gasteiger partial charge in [0.05, 0.1) is 12.1 Å². The summed E-state index contributed by atoms with van der Waals surface area (Å²) in [5, 5.41) is 0. The highest BCUT2D eigenvalue weighted by atomic mass is 16.5. The van der Waals surface area contributed by atoms with Crippen molar-refractivity contribution >= 4 is 29.4 Å². The number of benzene rings is 2. The zero-order valence-corrected chi connectivity index (χ0v) is 15.5. The summed E-state index contributed by atoms with van der Waals surface area (Å²) in [6, 6.07) is 16.0. The maximum Gasteiger partial charge on any atom is 0.310 e. The number of anilines is 1. The van der Waals surface area contributed by atoms with E-state index in [9.17, 15) is 19.2 Å². The van der Waals surface area contributed by atoms with Crippen molar-refractivity contribution in [2.75, 3.05) is 18.0 Å². The Morgan fingerprint density at radius 1 is 0.929 bits per heavy atom. The van der Waals surface area contributed by atoms with Crippen LogP contribution in [-0.2, 0) is 36.9 Å². The van der Waals surface area contributed by atoms with Crippen molar-refractivity contribution in [1.82, 2.24) is 4.90 Å². The Hall–Kier alpha value is -3.48. The van der Waals surface area contributed by atoms with Gasteiger partial charge < -0.3 is 9.64 Å². The molecule has 3 rings (SSSR count). The van der Waals surface area contributed by atoms with Crippen LogP contribution in [0.3, 0.4) is 0 Å². The van der Waals surface area contributed by atoms with E-state index in [0.717, 1.165) is 10.5 Å². The molecule has 1 aliphatic rings. The normalized spacial score (nSPS) is 14.2. The van der Waals surface area contributed by atoms with E-state index >= 15 is 0 Å². The van der Waals surface area contributed by atoms with Crippen LogP contribution in [-0.4, -0.2) is 41.7 Å². The number of imide groups is 1. The Bertz CT molecular complexity index is 892. The fourth-order valence-electron chi connectivity index (χ4n) is 2.98. The number of amides is 3. The molecule has 28 heavy (non-hydrogen) atoms. The fraction of sp³-hybridized carbons (Fsp3) is 0.238. The minimum absolute atomic E-state index is 0.0729. The number of rotatable bonds is 5. The van der Waals surface area contributed by atoms with Crippen molar-refractivity contribution in [3.05, 3.63) is 65.7 Å². The lowest BCUT2D eigenvalue weighted by Gasteiger charge is -2.33. The van der Waals surface area contributed by atoms with Crippen molar-refractivity contribution < 1.29 is 23.9 Å². The van der Waals surface area contributed by atoms with Crippen LogP contribution in [0.15, 0.2) is 54.6 Å². The van der Waals surface area contributed by atoms with E-state index in [1.807, 2.05) is 30.3 Å². The zero-order valence-electron chi connectivity index (χ0n) is 15.5. The van der Waals surface area contributed by atoms with E-state index in [4.69, 9.17) is 4.74 Å². The molecule has 1 fully saturated rings. The Labute approximate surface area is 162 Å². The lowest BCUT2D eigenvalue weighted by molar-refractivity contribution is -0.144. The molecule has 0 aromatic heterocycles. The van der Waals surface area contributed by atoms with Crippen LogP contribution >= 0.6 is 0 Å². The van der Waals surface area contributed by atoms with E-state index < -0.39 is 17.8 Å². The molecule has 1 aliphatic heterocycles. The van der Waals surface area contributed by atoms with Crippen LogP contribution in [0.1, 0.15) is 18.1 Å². The highest BCUT2D eigenvalue weighted by Gasteiger charge is 2.34. The zero-order chi connectivity index (χ0) is 20.1. The van der Waals surface area contributed by atoms with E-state index in [2.05, 4.69) is 0 Å². The van der Waals surface area contributed by atoms with Gasteiger partial charge in [-0.25, -0.2) is 4.90 Å². The van der Waals surface area contributed by atoms with Gasteiger partial charge in [0, 0.05) is 6.92 Å². The number of hydrogen-bond acceptors (Lipinski definition) is 5. The van der Waals surface area contributed by atoms with Crippen molar-refractivity contribution in [3.8, 4) is 0 Å². The van der Waals surface area contributed by atoms with E-state index in [1.54, 1.807) is 24.3 Å². The molecule has 7 nitrogen and oxygen atoms in total. The first-order valence-electron chi connectivity index (χ1n) is 8.84. The van der Waals surface area contributed by atoms with Gasteiger partial charge in [-0.15, -0.1) is 0 Å². The number of esters is 1. The molecule has 0 radical (unpaired) electrons. The van der Waals surface area contributed by atoms with E-state index in [1.165, 1.54) is 11.8 Å². The molecular formula is C21H20N2O5. The molecule has 1 saturated heterocycles. The van der Waals surface area contributed by atoms with Crippen LogP contribution in [0.2, 0.25) is 0 Å². The molecule has 0 N–H and O–H groups in total. The monoisotopic (exact) mass is 380 g/mol. The molecule has 1 heterocycles. The number of para-hydroxylation sites is 1. The third-order valence-corrected chi connectivity index (χ3v) is 4.41. The largest absolute Gasteiger partial charge is 0.461 e. The molecule has 144 valence electrons. The molecular weight excluding hydrogens is 360 g/mol. The molecule has 7 heteroatoms. The van der Waals surface area contributed by atoms with Gasteiger partial charge in [0.25, 0.3) is 11.8 Å². The quantitative estimate of drug-likeness (QED) is 0.582. The SMILES string of the molecule is CC(=O)N1CC(=O)N(c2ccccc2CC(=O)OCc2ccccc2)C(=O)C1. The van der Waals surface area contributed by atoms with Crippen molar-refractivity contribution in [2.24, 2.45) is 0 Å². The molecule has 3 amide bonds. The first kappa shape index (κ1) is 19.3. The Balaban J connectivity index is 1.72. The van der Waals surface area contributed by atoms with Crippen LogP contribution in [0.4, 0.5) is 5.69 Å². The number of carbonyl (C=O) groups excluding carboxylic acids is 4. The predicted octanol–water partition coefficient (Wildman–Crippen LogP) is 1.69. The summed E-state index contributed by atoms with van der Waals surface area (Å²) in [7, 11) is 0. The Morgan fingerprint density at radius 2 is 1.54 bits per heavy atom. The standard InChI is InChI=1S/C21H20N2O5/c1-15(24)22-12-19(25)23(20(26)13-22)18-10-6-5-9-17(18)11-21(27)28-14-16-7-3-2-4-8-16/h2-10H,11-14H2,1H3. The van der Waals surface area contributed by atoms with Crippen molar-refractivity contribution in [3.63, 3.8) is 0 Å². The van der Waals surface area contributed by atoms with Gasteiger partial charge in [-0.1, -0.05) is 48.5 Å². The van der Waals surface area contributed by atoms with Gasteiger partial charge in [0.1, 0.15) is 19.7 Å². The number of nitrogens with zero attached hydrogens (tertiary/aromatic N) is 2. The Morgan fingerprint density at radius 3 is 2.18 bits per heavy atom. The number of ether oxygens (including phenoxy) is 1. The van der Waals surface area contributed by atoms with Crippen LogP contribution in [0.5, 0.6) is 0 Å². The van der Waals surface area contributed by atoms with E-state index in [0.29, 0.717) is 11.3 Å². The van der Waals surface area contributed by atoms with Crippen molar-refractivity contribution in [2.45, 2.75) is 20.0 Å². The molecule has 0 atom stereocenters. The molecule has 2 aromatic rings. The molecule has 0 aliphatic carbocycles. The maximum absolute atomic E-state index is 12.5. The molecule has 0 saturated carbocycles. The summed E-state index contributed by atoms with van der Waals surface area (Å²) < 4.78 is 5.30. The minimum Gasteiger partial charge on any atom is -0.461 e. The van der Waals surface area contributed by atoms with Gasteiger partial charge in [0.15, 0.2) is 0 Å². The minimum atomic E-state index is -0.503. The van der Waals surface area contributed by atoms with Crippen molar-refractivity contribution in [1.29, 1.82) is 0 Å². The predicted molar refractivity (Wildman–Crippen MR) is 101 cm³/mol. The number of piperazine rings is 1. The highest BCUT2D eigenvalue weighted by molar-refractivity contribution is 6.19. The van der Waals surface area contributed by atoms with Gasteiger partial charge >= 0.3 is 5.97 Å². The van der Waals surface area contributed by atoms with Crippen LogP contribution < -0.4 is 4.90 Å². The lowest BCUT2D eigenvalue weighted by atomic mass is 10.1. The summed E-state index contributed by atoms with van der Waals surface area (Å²) >= 11 is 0. The second-order valence-electron chi connectivity index (χ2n) is 6.45. The molecule has 0 unspecified atom stereocenters. The van der Waals surface area contributed by atoms with Crippen LogP contribution in [0.25, 0.3) is 0 Å². The van der Waals surface area contributed by atoms with Gasteiger partial charge in [-0.2, -0.15) is 0 Å². The average Bonchev–Trinajstić information content (AvgIpc) is 2.68. The summed E-state index contributed by atoms with van der Waals surface area (Å²) in [6.45, 7) is 1.12. The topological polar surface area (TPSA) is 84.0 Å². The summed E-state index contributed by atoms with van der Waals surface area (Å²) in [6.07, 6.45) is -0.0729. The molecule has 0 spiro atoms. The average molecular weight is 380 g/mol. The summed E-state index contributed by atoms with van der Waals surface area (Å²) in [5.41, 5.74) is 1.73. The Kier molecular flexibility index (Phi) is 5.84. The van der Waals surface area contributed by atoms with Gasteiger partial charge in [-0.05, 0) is 17.2 Å². The highest BCUT2D eigenvalue weighted by Crippen LogP contribution is 2.24. The smallest absolute Gasteiger partial charge is 0.310 e. The summed E-state index contributed by atoms with van der Waals surface area (Å²) in [4.78, 5) is 50.9. The molecule has 2 aromatic carbocycles. The fourth-order valence-corrected chi connectivity index (χ4v) is 2.98.